The van der Waals surface area contributed by atoms with Crippen LogP contribution in [-0.2, 0) is 10.7 Å². The van der Waals surface area contributed by atoms with Crippen molar-refractivity contribution in [2.45, 2.75) is 31.5 Å². The molecule has 0 radical (unpaired) electrons. The molecular formula is C27H31Cl2NOS. The first kappa shape index (κ1) is 25.1. The largest absolute Gasteiger partial charge is 0.375 e. The Bertz CT molecular complexity index is 992. The summed E-state index contributed by atoms with van der Waals surface area (Å²) in [5, 5.41) is 13.3. The van der Waals surface area contributed by atoms with E-state index in [4.69, 9.17) is 23.2 Å². The lowest BCUT2D eigenvalue weighted by Gasteiger charge is -2.37. The maximum absolute atomic E-state index is 12.0. The van der Waals surface area contributed by atoms with Gasteiger partial charge in [-0.2, -0.15) is 0 Å². The van der Waals surface area contributed by atoms with Gasteiger partial charge in [0.15, 0.2) is 0 Å². The lowest BCUT2D eigenvalue weighted by molar-refractivity contribution is 0.0568. The van der Waals surface area contributed by atoms with E-state index in [0.29, 0.717) is 15.8 Å². The van der Waals surface area contributed by atoms with Crippen molar-refractivity contribution in [3.8, 4) is 11.1 Å². The molecule has 1 N–H and O–H groups in total. The molecule has 2 atom stereocenters. The fourth-order valence-electron chi connectivity index (χ4n) is 3.86. The molecule has 0 bridgehead atoms. The number of hydrogen-bond acceptors (Lipinski definition) is 3. The first-order chi connectivity index (χ1) is 15.4. The molecule has 3 aromatic carbocycles. The molecule has 170 valence electrons. The van der Waals surface area contributed by atoms with Gasteiger partial charge in [-0.1, -0.05) is 105 Å². The van der Waals surface area contributed by atoms with Crippen molar-refractivity contribution in [3.63, 3.8) is 0 Å². The van der Waals surface area contributed by atoms with E-state index in [1.165, 1.54) is 17.3 Å². The van der Waals surface area contributed by atoms with E-state index in [9.17, 15) is 5.11 Å². The highest BCUT2D eigenvalue weighted by molar-refractivity contribution is 7.99. The van der Waals surface area contributed by atoms with Crippen molar-refractivity contribution in [2.75, 3.05) is 19.6 Å². The average Bonchev–Trinajstić information content (AvgIpc) is 2.82. The maximum atomic E-state index is 12.0. The Labute approximate surface area is 206 Å². The molecule has 32 heavy (non-hydrogen) atoms. The second-order valence-electron chi connectivity index (χ2n) is 8.05. The van der Waals surface area contributed by atoms with Crippen LogP contribution in [0.1, 0.15) is 31.9 Å². The minimum atomic E-state index is -1.05. The summed E-state index contributed by atoms with van der Waals surface area (Å²) in [4.78, 5) is 1.30. The molecule has 0 amide bonds. The first-order valence-electron chi connectivity index (χ1n) is 11.1. The molecule has 0 spiro atoms. The fourth-order valence-corrected chi connectivity index (χ4v) is 5.71. The lowest BCUT2D eigenvalue weighted by Crippen LogP contribution is -2.39. The summed E-state index contributed by atoms with van der Waals surface area (Å²) < 4.78 is 0. The molecule has 0 aliphatic carbocycles. The van der Waals surface area contributed by atoms with Gasteiger partial charge in [-0.3, -0.25) is 0 Å². The maximum Gasteiger partial charge on any atom is 0.140 e. The molecule has 5 heteroatoms. The number of thioether (sulfide) groups is 1. The van der Waals surface area contributed by atoms with E-state index in [1.807, 2.05) is 30.3 Å². The summed E-state index contributed by atoms with van der Waals surface area (Å²) in [5.41, 5.74) is 4.18. The van der Waals surface area contributed by atoms with Crippen LogP contribution >= 0.6 is 35.0 Å². The Morgan fingerprint density at radius 3 is 2.12 bits per heavy atom. The van der Waals surface area contributed by atoms with Crippen LogP contribution in [0.25, 0.3) is 11.1 Å². The predicted molar refractivity (Wildman–Crippen MR) is 140 cm³/mol. The van der Waals surface area contributed by atoms with Gasteiger partial charge in [0, 0.05) is 28.3 Å². The fraction of sp³-hybridized carbons (Fsp3) is 0.333. The molecular weight excluding hydrogens is 457 g/mol. The van der Waals surface area contributed by atoms with E-state index in [-0.39, 0.29) is 5.92 Å². The van der Waals surface area contributed by atoms with Gasteiger partial charge in [0.2, 0.25) is 0 Å². The SMILES string of the molecule is CCN(CC)CC(C)C(O)(SCc1ccc(Cl)cc1Cl)c1ccc(-c2ccccc2)cc1. The number of aliphatic hydroxyl groups is 1. The van der Waals surface area contributed by atoms with Crippen LogP contribution in [-0.4, -0.2) is 29.6 Å². The highest BCUT2D eigenvalue weighted by Crippen LogP contribution is 2.44. The second kappa shape index (κ2) is 11.6. The molecule has 0 heterocycles. The standard InChI is InChI=1S/C27H31Cl2NOS/c1-4-30(5-2)18-20(3)27(31,32-19-23-13-16-25(28)17-26(23)29)24-14-11-22(12-15-24)21-9-7-6-8-10-21/h6-17,20,31H,4-5,18-19H2,1-3H3. The predicted octanol–water partition coefficient (Wildman–Crippen LogP) is 7.72. The molecule has 0 aromatic heterocycles. The van der Waals surface area contributed by atoms with Crippen LogP contribution in [0.3, 0.4) is 0 Å². The number of nitrogens with zero attached hydrogens (tertiary/aromatic N) is 1. The molecule has 0 aliphatic rings. The van der Waals surface area contributed by atoms with Gasteiger partial charge in [0.25, 0.3) is 0 Å². The molecule has 2 unspecified atom stereocenters. The minimum absolute atomic E-state index is 0.0149. The van der Waals surface area contributed by atoms with Gasteiger partial charge >= 0.3 is 0 Å². The van der Waals surface area contributed by atoms with Crippen molar-refractivity contribution < 1.29 is 5.11 Å². The molecule has 0 fully saturated rings. The summed E-state index contributed by atoms with van der Waals surface area (Å²) in [5.74, 6) is 0.608. The van der Waals surface area contributed by atoms with Crippen molar-refractivity contribution >= 4 is 35.0 Å². The molecule has 3 aromatic rings. The Kier molecular flexibility index (Phi) is 9.10. The van der Waals surface area contributed by atoms with Gasteiger partial charge in [0.1, 0.15) is 4.93 Å². The highest BCUT2D eigenvalue weighted by atomic mass is 35.5. The quantitative estimate of drug-likeness (QED) is 0.296. The Morgan fingerprint density at radius 2 is 1.53 bits per heavy atom. The van der Waals surface area contributed by atoms with Gasteiger partial charge in [0.05, 0.1) is 0 Å². The zero-order valence-corrected chi connectivity index (χ0v) is 21.2. The summed E-state index contributed by atoms with van der Waals surface area (Å²) in [6.45, 7) is 9.16. The van der Waals surface area contributed by atoms with Gasteiger partial charge in [-0.15, -0.1) is 11.8 Å². The van der Waals surface area contributed by atoms with Crippen LogP contribution in [0.15, 0.2) is 72.8 Å². The van der Waals surface area contributed by atoms with Crippen LogP contribution in [0.4, 0.5) is 0 Å². The second-order valence-corrected chi connectivity index (χ2v) is 10.1. The third-order valence-electron chi connectivity index (χ3n) is 5.96. The molecule has 3 rings (SSSR count). The topological polar surface area (TPSA) is 23.5 Å². The van der Waals surface area contributed by atoms with Crippen LogP contribution < -0.4 is 0 Å². The molecule has 0 saturated heterocycles. The van der Waals surface area contributed by atoms with Crippen molar-refractivity contribution in [1.29, 1.82) is 0 Å². The normalized spacial score (nSPS) is 14.3. The summed E-state index contributed by atoms with van der Waals surface area (Å²) >= 11 is 14.0. The highest BCUT2D eigenvalue weighted by Gasteiger charge is 2.37. The van der Waals surface area contributed by atoms with E-state index in [0.717, 1.165) is 36.3 Å². The Hall–Kier alpha value is -1.49. The van der Waals surface area contributed by atoms with Crippen LogP contribution in [0, 0.1) is 5.92 Å². The lowest BCUT2D eigenvalue weighted by atomic mass is 9.94. The van der Waals surface area contributed by atoms with Crippen LogP contribution in [0.2, 0.25) is 10.0 Å². The first-order valence-corrected chi connectivity index (χ1v) is 12.8. The van der Waals surface area contributed by atoms with Crippen molar-refractivity contribution in [1.82, 2.24) is 4.90 Å². The third-order valence-corrected chi connectivity index (χ3v) is 8.08. The van der Waals surface area contributed by atoms with E-state index < -0.39 is 4.93 Å². The van der Waals surface area contributed by atoms with Gasteiger partial charge in [-0.25, -0.2) is 0 Å². The van der Waals surface area contributed by atoms with E-state index in [1.54, 1.807) is 6.07 Å². The Morgan fingerprint density at radius 1 is 0.906 bits per heavy atom. The Balaban J connectivity index is 1.90. The number of halogens is 2. The van der Waals surface area contributed by atoms with Crippen molar-refractivity contribution in [3.05, 3.63) is 94.0 Å². The van der Waals surface area contributed by atoms with E-state index in [2.05, 4.69) is 62.1 Å². The smallest absolute Gasteiger partial charge is 0.140 e. The third kappa shape index (κ3) is 6.09. The molecule has 0 aliphatic heterocycles. The van der Waals surface area contributed by atoms with Crippen molar-refractivity contribution in [2.24, 2.45) is 5.92 Å². The monoisotopic (exact) mass is 487 g/mol. The molecule has 2 nitrogen and oxygen atoms in total. The zero-order chi connectivity index (χ0) is 23.1. The molecule has 0 saturated carbocycles. The summed E-state index contributed by atoms with van der Waals surface area (Å²) in [6.07, 6.45) is 0. The summed E-state index contributed by atoms with van der Waals surface area (Å²) in [7, 11) is 0. The van der Waals surface area contributed by atoms with Crippen LogP contribution in [0.5, 0.6) is 0 Å². The number of hydrogen-bond donors (Lipinski definition) is 1. The zero-order valence-electron chi connectivity index (χ0n) is 18.9. The number of benzene rings is 3. The van der Waals surface area contributed by atoms with Gasteiger partial charge < -0.3 is 10.0 Å². The van der Waals surface area contributed by atoms with E-state index >= 15 is 0 Å². The minimum Gasteiger partial charge on any atom is -0.375 e. The average molecular weight is 489 g/mol. The van der Waals surface area contributed by atoms with Gasteiger partial charge in [-0.05, 0) is 47.5 Å². The number of rotatable bonds is 10. The summed E-state index contributed by atoms with van der Waals surface area (Å²) in [6, 6.07) is 24.1.